The van der Waals surface area contributed by atoms with Crippen LogP contribution in [0.15, 0.2) is 23.2 Å². The summed E-state index contributed by atoms with van der Waals surface area (Å²) in [5.41, 5.74) is 1.11. The van der Waals surface area contributed by atoms with Crippen LogP contribution < -0.4 is 20.1 Å². The monoisotopic (exact) mass is 293 g/mol. The molecule has 0 heterocycles. The van der Waals surface area contributed by atoms with E-state index in [2.05, 4.69) is 22.5 Å². The lowest BCUT2D eigenvalue weighted by Gasteiger charge is -2.13. The summed E-state index contributed by atoms with van der Waals surface area (Å²) in [7, 11) is 5.06. The van der Waals surface area contributed by atoms with Crippen molar-refractivity contribution in [2.75, 3.05) is 27.8 Å². The summed E-state index contributed by atoms with van der Waals surface area (Å²) >= 11 is 0. The fourth-order valence-corrected chi connectivity index (χ4v) is 1.98. The van der Waals surface area contributed by atoms with Crippen molar-refractivity contribution in [3.8, 4) is 11.5 Å². The standard InChI is InChI=1S/C16H27N3O2/c1-5-6-7-10-18-16(17-2)19-12-13-8-9-14(20-3)15(11-13)21-4/h8-9,11H,5-7,10,12H2,1-4H3,(H2,17,18,19). The summed E-state index contributed by atoms with van der Waals surface area (Å²) < 4.78 is 10.5. The van der Waals surface area contributed by atoms with Crippen molar-refractivity contribution < 1.29 is 9.47 Å². The largest absolute Gasteiger partial charge is 0.493 e. The van der Waals surface area contributed by atoms with E-state index in [0.29, 0.717) is 6.54 Å². The van der Waals surface area contributed by atoms with Crippen molar-refractivity contribution in [2.24, 2.45) is 4.99 Å². The number of rotatable bonds is 8. The van der Waals surface area contributed by atoms with E-state index in [0.717, 1.165) is 36.0 Å². The minimum absolute atomic E-state index is 0.688. The molecule has 2 N–H and O–H groups in total. The molecule has 0 bridgehead atoms. The summed E-state index contributed by atoms with van der Waals surface area (Å²) in [4.78, 5) is 4.22. The van der Waals surface area contributed by atoms with Crippen LogP contribution in [0.4, 0.5) is 0 Å². The van der Waals surface area contributed by atoms with Crippen LogP contribution in [0.25, 0.3) is 0 Å². The molecule has 0 saturated heterocycles. The third-order valence-electron chi connectivity index (χ3n) is 3.20. The van der Waals surface area contributed by atoms with Crippen LogP contribution in [0.1, 0.15) is 31.7 Å². The number of benzene rings is 1. The first-order valence-electron chi connectivity index (χ1n) is 7.40. The third kappa shape index (κ3) is 5.94. The maximum atomic E-state index is 5.30. The molecular formula is C16H27N3O2. The molecular weight excluding hydrogens is 266 g/mol. The van der Waals surface area contributed by atoms with Crippen LogP contribution in [0, 0.1) is 0 Å². The van der Waals surface area contributed by atoms with Crippen LogP contribution in [0.5, 0.6) is 11.5 Å². The maximum Gasteiger partial charge on any atom is 0.191 e. The van der Waals surface area contributed by atoms with E-state index >= 15 is 0 Å². The Balaban J connectivity index is 2.49. The van der Waals surface area contributed by atoms with Crippen molar-refractivity contribution in [1.82, 2.24) is 10.6 Å². The first-order valence-corrected chi connectivity index (χ1v) is 7.40. The summed E-state index contributed by atoms with van der Waals surface area (Å²) in [5, 5.41) is 6.60. The highest BCUT2D eigenvalue weighted by molar-refractivity contribution is 5.79. The van der Waals surface area contributed by atoms with E-state index in [9.17, 15) is 0 Å². The van der Waals surface area contributed by atoms with Crippen molar-refractivity contribution >= 4 is 5.96 Å². The first kappa shape index (κ1) is 17.1. The van der Waals surface area contributed by atoms with Gasteiger partial charge < -0.3 is 20.1 Å². The van der Waals surface area contributed by atoms with E-state index in [1.54, 1.807) is 21.3 Å². The number of ether oxygens (including phenoxy) is 2. The van der Waals surface area contributed by atoms with E-state index in [-0.39, 0.29) is 0 Å². The molecule has 21 heavy (non-hydrogen) atoms. The van der Waals surface area contributed by atoms with Crippen LogP contribution >= 0.6 is 0 Å². The predicted molar refractivity (Wildman–Crippen MR) is 87.3 cm³/mol. The van der Waals surface area contributed by atoms with Gasteiger partial charge in [-0.15, -0.1) is 0 Å². The number of nitrogens with one attached hydrogen (secondary N) is 2. The molecule has 1 aromatic rings. The Kier molecular flexibility index (Phi) is 8.09. The lowest BCUT2D eigenvalue weighted by Crippen LogP contribution is -2.37. The molecule has 0 radical (unpaired) electrons. The Morgan fingerprint density at radius 3 is 2.48 bits per heavy atom. The molecule has 0 saturated carbocycles. The smallest absolute Gasteiger partial charge is 0.191 e. The van der Waals surface area contributed by atoms with Gasteiger partial charge in [0.25, 0.3) is 0 Å². The quantitative estimate of drug-likeness (QED) is 0.439. The van der Waals surface area contributed by atoms with Gasteiger partial charge in [0.2, 0.25) is 0 Å². The number of hydrogen-bond donors (Lipinski definition) is 2. The molecule has 0 aliphatic rings. The number of hydrogen-bond acceptors (Lipinski definition) is 3. The Morgan fingerprint density at radius 1 is 1.10 bits per heavy atom. The highest BCUT2D eigenvalue weighted by Crippen LogP contribution is 2.27. The summed E-state index contributed by atoms with van der Waals surface area (Å²) in [6, 6.07) is 5.89. The zero-order valence-electron chi connectivity index (χ0n) is 13.5. The van der Waals surface area contributed by atoms with Crippen molar-refractivity contribution in [3.63, 3.8) is 0 Å². The van der Waals surface area contributed by atoms with Gasteiger partial charge in [-0.25, -0.2) is 0 Å². The molecule has 0 amide bonds. The first-order chi connectivity index (χ1) is 10.2. The average Bonchev–Trinajstić information content (AvgIpc) is 2.53. The second-order valence-corrected chi connectivity index (χ2v) is 4.75. The lowest BCUT2D eigenvalue weighted by atomic mass is 10.2. The van der Waals surface area contributed by atoms with Crippen LogP contribution in [-0.2, 0) is 6.54 Å². The molecule has 5 heteroatoms. The lowest BCUT2D eigenvalue weighted by molar-refractivity contribution is 0.354. The summed E-state index contributed by atoms with van der Waals surface area (Å²) in [6.45, 7) is 3.83. The molecule has 0 atom stereocenters. The predicted octanol–water partition coefficient (Wildman–Crippen LogP) is 2.56. The number of guanidine groups is 1. The van der Waals surface area contributed by atoms with E-state index in [1.165, 1.54) is 12.8 Å². The second kappa shape index (κ2) is 9.91. The zero-order chi connectivity index (χ0) is 15.5. The summed E-state index contributed by atoms with van der Waals surface area (Å²) in [5.74, 6) is 2.30. The highest BCUT2D eigenvalue weighted by atomic mass is 16.5. The van der Waals surface area contributed by atoms with E-state index in [4.69, 9.17) is 9.47 Å². The van der Waals surface area contributed by atoms with Crippen LogP contribution in [0.3, 0.4) is 0 Å². The van der Waals surface area contributed by atoms with Crippen LogP contribution in [0.2, 0.25) is 0 Å². The Hall–Kier alpha value is -1.91. The highest BCUT2D eigenvalue weighted by Gasteiger charge is 2.05. The Labute approximate surface area is 127 Å². The van der Waals surface area contributed by atoms with Gasteiger partial charge in [0.1, 0.15) is 0 Å². The van der Waals surface area contributed by atoms with Gasteiger partial charge in [-0.1, -0.05) is 25.8 Å². The number of aliphatic imine (C=N–C) groups is 1. The molecule has 0 aliphatic carbocycles. The molecule has 0 unspecified atom stereocenters. The van der Waals surface area contributed by atoms with E-state index in [1.807, 2.05) is 18.2 Å². The maximum absolute atomic E-state index is 5.30. The van der Waals surface area contributed by atoms with Gasteiger partial charge >= 0.3 is 0 Å². The van der Waals surface area contributed by atoms with E-state index < -0.39 is 0 Å². The molecule has 118 valence electrons. The minimum Gasteiger partial charge on any atom is -0.493 e. The van der Waals surface area contributed by atoms with Crippen molar-refractivity contribution in [1.29, 1.82) is 0 Å². The fraction of sp³-hybridized carbons (Fsp3) is 0.562. The van der Waals surface area contributed by atoms with Crippen LogP contribution in [-0.4, -0.2) is 33.8 Å². The topological polar surface area (TPSA) is 54.9 Å². The molecule has 5 nitrogen and oxygen atoms in total. The Morgan fingerprint density at radius 2 is 1.86 bits per heavy atom. The fourth-order valence-electron chi connectivity index (χ4n) is 1.98. The number of methoxy groups -OCH3 is 2. The van der Waals surface area contributed by atoms with Gasteiger partial charge in [-0.05, 0) is 24.1 Å². The van der Waals surface area contributed by atoms with Crippen molar-refractivity contribution in [3.05, 3.63) is 23.8 Å². The SMILES string of the molecule is CCCCCNC(=NC)NCc1ccc(OC)c(OC)c1. The normalized spacial score (nSPS) is 11.1. The summed E-state index contributed by atoms with van der Waals surface area (Å²) in [6.07, 6.45) is 3.62. The zero-order valence-corrected chi connectivity index (χ0v) is 13.5. The van der Waals surface area contributed by atoms with Crippen molar-refractivity contribution in [2.45, 2.75) is 32.7 Å². The minimum atomic E-state index is 0.688. The average molecular weight is 293 g/mol. The number of unbranched alkanes of at least 4 members (excludes halogenated alkanes) is 2. The molecule has 1 rings (SSSR count). The van der Waals surface area contributed by atoms with Gasteiger partial charge in [-0.2, -0.15) is 0 Å². The molecule has 0 aromatic heterocycles. The van der Waals surface area contributed by atoms with Gasteiger partial charge in [0.15, 0.2) is 17.5 Å². The molecule has 1 aromatic carbocycles. The second-order valence-electron chi connectivity index (χ2n) is 4.75. The third-order valence-corrected chi connectivity index (χ3v) is 3.20. The Bertz CT molecular complexity index is 447. The molecule has 0 fully saturated rings. The molecule has 0 aliphatic heterocycles. The van der Waals surface area contributed by atoms with Gasteiger partial charge in [0.05, 0.1) is 14.2 Å². The number of nitrogens with zero attached hydrogens (tertiary/aromatic N) is 1. The molecule has 0 spiro atoms. The van der Waals surface area contributed by atoms with Gasteiger partial charge in [0, 0.05) is 20.1 Å². The van der Waals surface area contributed by atoms with Gasteiger partial charge in [-0.3, -0.25) is 4.99 Å².